The fraction of sp³-hybridized carbons (Fsp3) is 0.222. The lowest BCUT2D eigenvalue weighted by Gasteiger charge is -2.21. The van der Waals surface area contributed by atoms with Crippen LogP contribution in [0.25, 0.3) is 0 Å². The summed E-state index contributed by atoms with van der Waals surface area (Å²) in [5.41, 5.74) is -0.160. The molecule has 0 saturated heterocycles. The largest absolute Gasteiger partial charge is 0.340 e. The standard InChI is InChI=1S/C18H17ClFN3O4/c1-10(2)16(18(25)21-13-5-3-4-12(20)9-13)22-17(24)11-6-7-14(19)15(8-11)23(26)27/h3-10,16H,1-2H3,(H,21,25)(H,22,24)/t16-/m0/s1. The Balaban J connectivity index is 2.18. The van der Waals surface area contributed by atoms with E-state index in [1.807, 2.05) is 0 Å². The molecule has 0 aromatic heterocycles. The van der Waals surface area contributed by atoms with Crippen LogP contribution in [0.4, 0.5) is 15.8 Å². The number of nitrogens with zero attached hydrogens (tertiary/aromatic N) is 1. The van der Waals surface area contributed by atoms with Crippen LogP contribution in [0.3, 0.4) is 0 Å². The van der Waals surface area contributed by atoms with E-state index >= 15 is 0 Å². The van der Waals surface area contributed by atoms with E-state index in [-0.39, 0.29) is 22.2 Å². The van der Waals surface area contributed by atoms with Crippen LogP contribution in [0, 0.1) is 21.8 Å². The number of nitro groups is 1. The van der Waals surface area contributed by atoms with Gasteiger partial charge in [-0.2, -0.15) is 0 Å². The number of rotatable bonds is 6. The van der Waals surface area contributed by atoms with Crippen molar-refractivity contribution in [1.29, 1.82) is 0 Å². The second-order valence-electron chi connectivity index (χ2n) is 6.12. The third-order valence-electron chi connectivity index (χ3n) is 3.73. The van der Waals surface area contributed by atoms with Gasteiger partial charge in [-0.1, -0.05) is 31.5 Å². The molecule has 2 amide bonds. The molecular weight excluding hydrogens is 377 g/mol. The summed E-state index contributed by atoms with van der Waals surface area (Å²) in [4.78, 5) is 35.2. The third kappa shape index (κ3) is 5.24. The van der Waals surface area contributed by atoms with Crippen LogP contribution < -0.4 is 10.6 Å². The van der Waals surface area contributed by atoms with Gasteiger partial charge in [0, 0.05) is 17.3 Å². The van der Waals surface area contributed by atoms with E-state index in [4.69, 9.17) is 11.6 Å². The van der Waals surface area contributed by atoms with Gasteiger partial charge in [0.1, 0.15) is 16.9 Å². The van der Waals surface area contributed by atoms with Crippen LogP contribution >= 0.6 is 11.6 Å². The monoisotopic (exact) mass is 393 g/mol. The van der Waals surface area contributed by atoms with Gasteiger partial charge in [-0.05, 0) is 36.2 Å². The van der Waals surface area contributed by atoms with E-state index in [2.05, 4.69) is 10.6 Å². The minimum Gasteiger partial charge on any atom is -0.340 e. The van der Waals surface area contributed by atoms with E-state index < -0.39 is 34.3 Å². The van der Waals surface area contributed by atoms with Crippen LogP contribution in [-0.2, 0) is 4.79 Å². The molecule has 0 radical (unpaired) electrons. The number of carbonyl (C=O) groups is 2. The highest BCUT2D eigenvalue weighted by molar-refractivity contribution is 6.32. The number of hydrogen-bond acceptors (Lipinski definition) is 4. The molecule has 1 atom stereocenters. The van der Waals surface area contributed by atoms with Crippen LogP contribution in [0.15, 0.2) is 42.5 Å². The Kier molecular flexibility index (Phi) is 6.46. The molecule has 2 rings (SSSR count). The molecule has 0 fully saturated rings. The van der Waals surface area contributed by atoms with Crippen LogP contribution in [-0.4, -0.2) is 22.8 Å². The molecule has 0 saturated carbocycles. The first-order valence-electron chi connectivity index (χ1n) is 8.00. The molecule has 9 heteroatoms. The van der Waals surface area contributed by atoms with E-state index in [0.29, 0.717) is 0 Å². The van der Waals surface area contributed by atoms with Gasteiger partial charge in [0.15, 0.2) is 0 Å². The average Bonchev–Trinajstić information content (AvgIpc) is 2.59. The second kappa shape index (κ2) is 8.59. The summed E-state index contributed by atoms with van der Waals surface area (Å²) in [7, 11) is 0. The summed E-state index contributed by atoms with van der Waals surface area (Å²) in [6.45, 7) is 3.45. The Labute approximate surface area is 159 Å². The Morgan fingerprint density at radius 2 is 1.89 bits per heavy atom. The highest BCUT2D eigenvalue weighted by Crippen LogP contribution is 2.25. The smallest absolute Gasteiger partial charge is 0.288 e. The summed E-state index contributed by atoms with van der Waals surface area (Å²) in [5, 5.41) is 15.9. The molecule has 0 aliphatic carbocycles. The molecule has 2 aromatic carbocycles. The van der Waals surface area contributed by atoms with Crippen molar-refractivity contribution in [3.8, 4) is 0 Å². The fourth-order valence-electron chi connectivity index (χ4n) is 2.34. The van der Waals surface area contributed by atoms with Gasteiger partial charge in [0.05, 0.1) is 4.92 Å². The lowest BCUT2D eigenvalue weighted by Crippen LogP contribution is -2.47. The zero-order chi connectivity index (χ0) is 20.1. The van der Waals surface area contributed by atoms with Gasteiger partial charge >= 0.3 is 0 Å². The molecule has 0 aliphatic rings. The number of carbonyl (C=O) groups excluding carboxylic acids is 2. The first-order valence-corrected chi connectivity index (χ1v) is 8.38. The van der Waals surface area contributed by atoms with Gasteiger partial charge in [-0.25, -0.2) is 4.39 Å². The topological polar surface area (TPSA) is 101 Å². The number of anilines is 1. The Hall–Kier alpha value is -3.00. The summed E-state index contributed by atoms with van der Waals surface area (Å²) >= 11 is 5.74. The van der Waals surface area contributed by atoms with Crippen molar-refractivity contribution in [2.24, 2.45) is 5.92 Å². The van der Waals surface area contributed by atoms with Gasteiger partial charge in [-0.3, -0.25) is 19.7 Å². The van der Waals surface area contributed by atoms with Gasteiger partial charge < -0.3 is 10.6 Å². The second-order valence-corrected chi connectivity index (χ2v) is 6.53. The molecule has 0 aliphatic heterocycles. The van der Waals surface area contributed by atoms with Crippen molar-refractivity contribution in [2.45, 2.75) is 19.9 Å². The lowest BCUT2D eigenvalue weighted by molar-refractivity contribution is -0.384. The van der Waals surface area contributed by atoms with E-state index in [1.165, 1.54) is 30.3 Å². The zero-order valence-electron chi connectivity index (χ0n) is 14.5. The molecular formula is C18H17ClFN3O4. The highest BCUT2D eigenvalue weighted by Gasteiger charge is 2.26. The molecule has 7 nitrogen and oxygen atoms in total. The zero-order valence-corrected chi connectivity index (χ0v) is 15.3. The first-order chi connectivity index (χ1) is 12.7. The number of hydrogen-bond donors (Lipinski definition) is 2. The average molecular weight is 394 g/mol. The lowest BCUT2D eigenvalue weighted by atomic mass is 10.0. The van der Waals surface area contributed by atoms with Crippen molar-refractivity contribution in [2.75, 3.05) is 5.32 Å². The molecule has 142 valence electrons. The SMILES string of the molecule is CC(C)[C@H](NC(=O)c1ccc(Cl)c([N+](=O)[O-])c1)C(=O)Nc1cccc(F)c1. The molecule has 2 N–H and O–H groups in total. The summed E-state index contributed by atoms with van der Waals surface area (Å²) < 4.78 is 13.3. The maximum atomic E-state index is 13.3. The molecule has 0 unspecified atom stereocenters. The van der Waals surface area contributed by atoms with Crippen molar-refractivity contribution in [3.05, 3.63) is 69.0 Å². The molecule has 0 bridgehead atoms. The highest BCUT2D eigenvalue weighted by atomic mass is 35.5. The van der Waals surface area contributed by atoms with E-state index in [0.717, 1.165) is 12.1 Å². The fourth-order valence-corrected chi connectivity index (χ4v) is 2.53. The molecule has 27 heavy (non-hydrogen) atoms. The number of nitro benzene ring substituents is 1. The number of benzene rings is 2. The van der Waals surface area contributed by atoms with Gasteiger partial charge in [0.25, 0.3) is 11.6 Å². The van der Waals surface area contributed by atoms with Crippen LogP contribution in [0.5, 0.6) is 0 Å². The third-order valence-corrected chi connectivity index (χ3v) is 4.05. The van der Waals surface area contributed by atoms with E-state index in [9.17, 15) is 24.1 Å². The first kappa shape index (κ1) is 20.3. The maximum absolute atomic E-state index is 13.3. The predicted molar refractivity (Wildman–Crippen MR) is 99.2 cm³/mol. The van der Waals surface area contributed by atoms with Crippen molar-refractivity contribution >= 4 is 34.8 Å². The molecule has 0 heterocycles. The maximum Gasteiger partial charge on any atom is 0.288 e. The van der Waals surface area contributed by atoms with Crippen molar-refractivity contribution in [1.82, 2.24) is 5.32 Å². The van der Waals surface area contributed by atoms with Crippen molar-refractivity contribution < 1.29 is 18.9 Å². The quantitative estimate of drug-likeness (QED) is 0.576. The summed E-state index contributed by atoms with van der Waals surface area (Å²) in [6, 6.07) is 8.03. The Morgan fingerprint density at radius 1 is 1.19 bits per heavy atom. The summed E-state index contributed by atoms with van der Waals surface area (Å²) in [6.07, 6.45) is 0. The van der Waals surface area contributed by atoms with Crippen LogP contribution in [0.1, 0.15) is 24.2 Å². The minimum atomic E-state index is -0.935. The Bertz CT molecular complexity index is 889. The Morgan fingerprint density at radius 3 is 2.48 bits per heavy atom. The summed E-state index contributed by atoms with van der Waals surface area (Å²) in [5.74, 6) is -1.99. The van der Waals surface area contributed by atoms with E-state index in [1.54, 1.807) is 13.8 Å². The number of nitrogens with one attached hydrogen (secondary N) is 2. The van der Waals surface area contributed by atoms with Gasteiger partial charge in [-0.15, -0.1) is 0 Å². The predicted octanol–water partition coefficient (Wildman–Crippen LogP) is 3.78. The van der Waals surface area contributed by atoms with Gasteiger partial charge in [0.2, 0.25) is 5.91 Å². The number of halogens is 2. The van der Waals surface area contributed by atoms with Crippen LogP contribution in [0.2, 0.25) is 5.02 Å². The molecule has 2 aromatic rings. The minimum absolute atomic E-state index is 0.00435. The normalized spacial score (nSPS) is 11.7. The molecule has 0 spiro atoms. The van der Waals surface area contributed by atoms with Crippen molar-refractivity contribution in [3.63, 3.8) is 0 Å². The number of amides is 2.